The minimum atomic E-state index is -2.40. The minimum Gasteiger partial charge on any atom is -0.497 e. The van der Waals surface area contributed by atoms with Crippen LogP contribution in [0.1, 0.15) is 135 Å². The zero-order chi connectivity index (χ0) is 57.5. The van der Waals surface area contributed by atoms with Gasteiger partial charge in [0.2, 0.25) is 5.79 Å². The Balaban J connectivity index is 2.49. The topological polar surface area (TPSA) is 158 Å². The molecule has 1 fully saturated rings. The number of allylic oxidation sites excluding steroid dienone is 7. The molecule has 0 bridgehead atoms. The van der Waals surface area contributed by atoms with Gasteiger partial charge in [0.15, 0.2) is 16.6 Å². The summed E-state index contributed by atoms with van der Waals surface area (Å²) >= 11 is 0. The predicted molar refractivity (Wildman–Crippen MR) is 307 cm³/mol. The van der Waals surface area contributed by atoms with Gasteiger partial charge in [-0.25, -0.2) is 4.79 Å². The van der Waals surface area contributed by atoms with Crippen LogP contribution in [-0.4, -0.2) is 121 Å². The summed E-state index contributed by atoms with van der Waals surface area (Å²) in [5.41, 5.74) is 2.93. The van der Waals surface area contributed by atoms with Crippen LogP contribution in [-0.2, 0) is 53.5 Å². The average molecular weight is 1090 g/mol. The summed E-state index contributed by atoms with van der Waals surface area (Å²) in [6, 6.07) is 7.84. The summed E-state index contributed by atoms with van der Waals surface area (Å²) in [7, 11) is 1.26. The highest BCUT2D eigenvalue weighted by molar-refractivity contribution is 6.74. The van der Waals surface area contributed by atoms with E-state index in [1.807, 2.05) is 84.0 Å². The maximum absolute atomic E-state index is 12.8. The molecule has 1 aromatic carbocycles. The van der Waals surface area contributed by atoms with Crippen LogP contribution in [0.25, 0.3) is 0 Å². The second-order valence-corrected chi connectivity index (χ2v) is 34.3. The van der Waals surface area contributed by atoms with E-state index in [1.54, 1.807) is 21.1 Å². The van der Waals surface area contributed by atoms with Gasteiger partial charge in [-0.2, -0.15) is 0 Å². The molecule has 2 rings (SSSR count). The number of methoxy groups -OCH3 is 4. The lowest BCUT2D eigenvalue weighted by molar-refractivity contribution is -0.367. The fourth-order valence-corrected chi connectivity index (χ4v) is 11.4. The lowest BCUT2D eigenvalue weighted by Gasteiger charge is -2.55. The Labute approximate surface area is 456 Å². The quantitative estimate of drug-likeness (QED) is 0.0372. The SMILES string of the molecule is COC(=O)C[C@H]1O[C@@](OC)([C@H](O)[C@@H](O)C[C@H](OC)[C@H](CC/C=C(C)/C=C/[C@@H](OCc2ccc(OC)cc2)[C@H](C)/C=C/C=C(C)/C=C(\C)C(=O)OC(C)(C)C)O[Si](C)(C)C(C)(C)C)[C@H](C)[C@@H](O[Si](C)(C)C(C)(C)C)[C@H]1C. The highest BCUT2D eigenvalue weighted by atomic mass is 28.4. The number of carbonyl (C=O) groups excluding carboxylic acids is 2. The molecule has 1 aromatic rings. The molecule has 1 heterocycles. The smallest absolute Gasteiger partial charge is 0.334 e. The van der Waals surface area contributed by atoms with Gasteiger partial charge in [-0.3, -0.25) is 4.79 Å². The van der Waals surface area contributed by atoms with E-state index in [2.05, 4.69) is 106 Å². The fraction of sp³-hybridized carbons (Fsp3) is 0.700. The third kappa shape index (κ3) is 20.5. The van der Waals surface area contributed by atoms with Crippen molar-refractivity contribution in [2.45, 2.75) is 227 Å². The predicted octanol–water partition coefficient (Wildman–Crippen LogP) is 12.8. The summed E-state index contributed by atoms with van der Waals surface area (Å²) in [4.78, 5) is 25.4. The zero-order valence-electron chi connectivity index (χ0n) is 50.5. The van der Waals surface area contributed by atoms with Gasteiger partial charge in [-0.15, -0.1) is 0 Å². The van der Waals surface area contributed by atoms with Gasteiger partial charge in [0.25, 0.3) is 0 Å². The summed E-state index contributed by atoms with van der Waals surface area (Å²) < 4.78 is 55.8. The number of esters is 2. The monoisotopic (exact) mass is 1090 g/mol. The Morgan fingerprint density at radius 2 is 1.44 bits per heavy atom. The molecule has 1 aliphatic rings. The van der Waals surface area contributed by atoms with Crippen LogP contribution in [0.2, 0.25) is 36.3 Å². The molecule has 0 amide bonds. The van der Waals surface area contributed by atoms with E-state index in [0.717, 1.165) is 22.5 Å². The molecule has 428 valence electrons. The Bertz CT molecular complexity index is 2090. The highest BCUT2D eigenvalue weighted by Gasteiger charge is 2.59. The van der Waals surface area contributed by atoms with Crippen molar-refractivity contribution < 1.29 is 61.8 Å². The number of hydrogen-bond donors (Lipinski definition) is 2. The van der Waals surface area contributed by atoms with Crippen molar-refractivity contribution in [1.29, 1.82) is 0 Å². The van der Waals surface area contributed by atoms with E-state index in [-0.39, 0.29) is 46.8 Å². The zero-order valence-corrected chi connectivity index (χ0v) is 52.5. The van der Waals surface area contributed by atoms with Crippen molar-refractivity contribution in [2.24, 2.45) is 17.8 Å². The first-order valence-corrected chi connectivity index (χ1v) is 32.7. The molecule has 15 heteroatoms. The lowest BCUT2D eigenvalue weighted by Crippen LogP contribution is -2.67. The molecular formula is C60H102O13Si2. The van der Waals surface area contributed by atoms with E-state index in [0.29, 0.717) is 25.0 Å². The summed E-state index contributed by atoms with van der Waals surface area (Å²) in [6.07, 6.45) is 9.89. The first-order chi connectivity index (χ1) is 34.5. The van der Waals surface area contributed by atoms with Crippen LogP contribution in [0, 0.1) is 17.8 Å². The number of carbonyl (C=O) groups is 2. The van der Waals surface area contributed by atoms with Gasteiger partial charge < -0.3 is 52.2 Å². The molecule has 13 nitrogen and oxygen atoms in total. The second kappa shape index (κ2) is 29.1. The van der Waals surface area contributed by atoms with Crippen molar-refractivity contribution >= 4 is 28.6 Å². The third-order valence-corrected chi connectivity index (χ3v) is 24.4. The molecule has 1 aliphatic heterocycles. The lowest BCUT2D eigenvalue weighted by atomic mass is 9.76. The largest absolute Gasteiger partial charge is 0.497 e. The second-order valence-electron chi connectivity index (χ2n) is 24.8. The summed E-state index contributed by atoms with van der Waals surface area (Å²) in [6.45, 7) is 39.6. The van der Waals surface area contributed by atoms with Crippen LogP contribution in [0.5, 0.6) is 5.75 Å². The van der Waals surface area contributed by atoms with Gasteiger partial charge in [0.1, 0.15) is 17.5 Å². The average Bonchev–Trinajstić information content (AvgIpc) is 3.31. The molecule has 2 N–H and O–H groups in total. The van der Waals surface area contributed by atoms with Crippen LogP contribution in [0.4, 0.5) is 0 Å². The molecule has 0 saturated carbocycles. The summed E-state index contributed by atoms with van der Waals surface area (Å²) in [5, 5.41) is 24.3. The van der Waals surface area contributed by atoms with Crippen LogP contribution >= 0.6 is 0 Å². The Hall–Kier alpha value is -3.23. The number of aliphatic hydroxyl groups excluding tert-OH is 2. The highest BCUT2D eigenvalue weighted by Crippen LogP contribution is 2.48. The van der Waals surface area contributed by atoms with Crippen molar-refractivity contribution in [3.8, 4) is 5.75 Å². The molecule has 11 atom stereocenters. The van der Waals surface area contributed by atoms with Gasteiger partial charge in [0.05, 0.1) is 63.9 Å². The third-order valence-electron chi connectivity index (χ3n) is 15.5. The molecule has 0 aliphatic carbocycles. The van der Waals surface area contributed by atoms with Crippen molar-refractivity contribution in [3.05, 3.63) is 89.1 Å². The molecule has 0 unspecified atom stereocenters. The molecule has 1 saturated heterocycles. The fourth-order valence-electron chi connectivity index (χ4n) is 8.54. The van der Waals surface area contributed by atoms with Crippen LogP contribution in [0.3, 0.4) is 0 Å². The van der Waals surface area contributed by atoms with Gasteiger partial charge >= 0.3 is 11.9 Å². The molecular weight excluding hydrogens is 985 g/mol. The van der Waals surface area contributed by atoms with Crippen LogP contribution < -0.4 is 4.74 Å². The van der Waals surface area contributed by atoms with Crippen molar-refractivity contribution in [1.82, 2.24) is 0 Å². The Morgan fingerprint density at radius 1 is 0.840 bits per heavy atom. The van der Waals surface area contributed by atoms with Crippen molar-refractivity contribution in [2.75, 3.05) is 28.4 Å². The van der Waals surface area contributed by atoms with E-state index < -0.39 is 76.5 Å². The van der Waals surface area contributed by atoms with E-state index in [1.165, 1.54) is 14.2 Å². The standard InChI is InChI=1S/C60H102O13Si2/c1-40(30-35-49(69-39-46-31-33-47(65-16)34-32-46)42(3)28-24-27-41(2)36-43(4)56(64)71-57(7,8)9)26-25-29-50(72-74(20,21)58(10,11)12)52(66-17)37-48(61)55(63)60(68-19)45(6)54(73-75(22,23)59(13,14)15)44(5)51(70-60)38-53(62)67-18/h24,26-28,30-36,42,44-45,48-52,54-55,61,63H,25,29,37-39H2,1-23H3/b28-24+,35-30+,40-26+,41-27+,43-36+/t42-,44+,45-,48+,49-,50+,51-,52+,54+,55-,60-/m1/s1. The van der Waals surface area contributed by atoms with Crippen LogP contribution in [0.15, 0.2) is 83.5 Å². The normalized spacial score (nSPS) is 23.5. The number of rotatable bonds is 27. The summed E-state index contributed by atoms with van der Waals surface area (Å²) in [5.74, 6) is -2.60. The number of aliphatic hydroxyl groups is 2. The number of ether oxygens (including phenoxy) is 7. The Morgan fingerprint density at radius 3 is 1.96 bits per heavy atom. The minimum absolute atomic E-state index is 0.0126. The molecule has 0 spiro atoms. The maximum atomic E-state index is 12.8. The van der Waals surface area contributed by atoms with Crippen molar-refractivity contribution in [3.63, 3.8) is 0 Å². The number of hydrogen-bond acceptors (Lipinski definition) is 13. The Kier molecular flexibility index (Phi) is 26.4. The van der Waals surface area contributed by atoms with Gasteiger partial charge in [0, 0.05) is 44.0 Å². The molecule has 0 radical (unpaired) electrons. The molecule has 0 aromatic heterocycles. The first kappa shape index (κ1) is 67.9. The van der Waals surface area contributed by atoms with E-state index in [9.17, 15) is 19.8 Å². The molecule has 75 heavy (non-hydrogen) atoms. The van der Waals surface area contributed by atoms with E-state index in [4.69, 9.17) is 42.0 Å². The van der Waals surface area contributed by atoms with E-state index >= 15 is 0 Å². The first-order valence-electron chi connectivity index (χ1n) is 26.9. The van der Waals surface area contributed by atoms with Gasteiger partial charge in [-0.05, 0) is 114 Å². The maximum Gasteiger partial charge on any atom is 0.334 e. The number of benzene rings is 1. The van der Waals surface area contributed by atoms with Gasteiger partial charge in [-0.1, -0.05) is 122 Å².